The number of rotatable bonds is 6. The third-order valence-corrected chi connectivity index (χ3v) is 3.70. The van der Waals surface area contributed by atoms with Gasteiger partial charge in [0.25, 0.3) is 0 Å². The van der Waals surface area contributed by atoms with Crippen molar-refractivity contribution < 1.29 is 0 Å². The number of hydrogen-bond acceptors (Lipinski definition) is 3. The van der Waals surface area contributed by atoms with Crippen molar-refractivity contribution in [3.05, 3.63) is 30.1 Å². The Kier molecular flexibility index (Phi) is 4.66. The zero-order valence-electron chi connectivity index (χ0n) is 11.1. The lowest BCUT2D eigenvalue weighted by atomic mass is 10.1. The lowest BCUT2D eigenvalue weighted by Gasteiger charge is -2.03. The first-order valence-electron chi connectivity index (χ1n) is 6.39. The summed E-state index contributed by atoms with van der Waals surface area (Å²) in [5.74, 6) is 1.19. The van der Waals surface area contributed by atoms with Gasteiger partial charge in [-0.15, -0.1) is 0 Å². The minimum absolute atomic E-state index is 0.190. The summed E-state index contributed by atoms with van der Waals surface area (Å²) in [6.07, 6.45) is 8.33. The number of fused-ring (bicyclic) bond motifs is 1. The summed E-state index contributed by atoms with van der Waals surface area (Å²) in [6.45, 7) is 3.08. The van der Waals surface area contributed by atoms with Gasteiger partial charge in [0.2, 0.25) is 0 Å². The molecule has 98 valence electrons. The molecule has 0 bridgehead atoms. The van der Waals surface area contributed by atoms with E-state index in [0.717, 1.165) is 18.6 Å². The first-order valence-corrected chi connectivity index (χ1v) is 7.79. The third kappa shape index (κ3) is 3.06. The van der Waals surface area contributed by atoms with E-state index in [9.17, 15) is 0 Å². The lowest BCUT2D eigenvalue weighted by molar-refractivity contribution is 0.692. The maximum atomic E-state index is 5.91. The van der Waals surface area contributed by atoms with E-state index in [2.05, 4.69) is 28.1 Å². The smallest absolute Gasteiger partial charge is 0.140 e. The molecule has 2 N–H and O–H groups in total. The van der Waals surface area contributed by atoms with E-state index >= 15 is 0 Å². The van der Waals surface area contributed by atoms with E-state index in [1.807, 2.05) is 30.9 Å². The van der Waals surface area contributed by atoms with Crippen LogP contribution < -0.4 is 5.73 Å². The number of nitrogens with two attached hydrogens (primary N) is 1. The molecule has 1 atom stereocenters. The van der Waals surface area contributed by atoms with Gasteiger partial charge < -0.3 is 10.3 Å². The predicted octanol–water partition coefficient (Wildman–Crippen LogP) is 2.68. The molecule has 4 heteroatoms. The summed E-state index contributed by atoms with van der Waals surface area (Å²) in [4.78, 5) is 4.50. The SMILES string of the molecule is CSCCCn1cc(CC(C)N)c2cccnc21. The van der Waals surface area contributed by atoms with E-state index in [1.165, 1.54) is 23.1 Å². The van der Waals surface area contributed by atoms with Crippen molar-refractivity contribution in [1.29, 1.82) is 0 Å². The molecule has 2 rings (SSSR count). The highest BCUT2D eigenvalue weighted by Crippen LogP contribution is 2.21. The number of thioether (sulfide) groups is 1. The minimum atomic E-state index is 0.190. The molecule has 2 aromatic heterocycles. The van der Waals surface area contributed by atoms with E-state index in [-0.39, 0.29) is 6.04 Å². The molecule has 0 amide bonds. The molecule has 0 saturated heterocycles. The van der Waals surface area contributed by atoms with Gasteiger partial charge in [0.1, 0.15) is 5.65 Å². The molecular formula is C14H21N3S. The zero-order chi connectivity index (χ0) is 13.0. The minimum Gasteiger partial charge on any atom is -0.332 e. The van der Waals surface area contributed by atoms with Gasteiger partial charge in [-0.3, -0.25) is 0 Å². The van der Waals surface area contributed by atoms with Gasteiger partial charge in [-0.1, -0.05) is 0 Å². The lowest BCUT2D eigenvalue weighted by Crippen LogP contribution is -2.17. The zero-order valence-corrected chi connectivity index (χ0v) is 11.9. The van der Waals surface area contributed by atoms with Gasteiger partial charge in [0.05, 0.1) is 0 Å². The molecule has 2 heterocycles. The first kappa shape index (κ1) is 13.4. The Bertz CT molecular complexity index is 505. The molecule has 3 nitrogen and oxygen atoms in total. The molecule has 2 aromatic rings. The fourth-order valence-electron chi connectivity index (χ4n) is 2.25. The van der Waals surface area contributed by atoms with Crippen LogP contribution in [0.3, 0.4) is 0 Å². The van der Waals surface area contributed by atoms with E-state index in [1.54, 1.807) is 0 Å². The van der Waals surface area contributed by atoms with Crippen LogP contribution in [0.4, 0.5) is 0 Å². The second-order valence-corrected chi connectivity index (χ2v) is 5.74. The molecule has 0 aliphatic heterocycles. The Morgan fingerprint density at radius 3 is 3.06 bits per heavy atom. The molecule has 1 unspecified atom stereocenters. The molecule has 0 radical (unpaired) electrons. The summed E-state index contributed by atoms with van der Waals surface area (Å²) in [7, 11) is 0. The Balaban J connectivity index is 2.29. The summed E-state index contributed by atoms with van der Waals surface area (Å²) in [5.41, 5.74) is 8.32. The second-order valence-electron chi connectivity index (χ2n) is 4.75. The van der Waals surface area contributed by atoms with Crippen molar-refractivity contribution in [3.63, 3.8) is 0 Å². The summed E-state index contributed by atoms with van der Waals surface area (Å²) < 4.78 is 2.27. The predicted molar refractivity (Wildman–Crippen MR) is 80.1 cm³/mol. The normalized spacial score (nSPS) is 13.1. The van der Waals surface area contributed by atoms with E-state index < -0.39 is 0 Å². The van der Waals surface area contributed by atoms with Gasteiger partial charge in [0.15, 0.2) is 0 Å². The maximum absolute atomic E-state index is 5.91. The number of aryl methyl sites for hydroxylation is 1. The molecular weight excluding hydrogens is 242 g/mol. The highest BCUT2D eigenvalue weighted by Gasteiger charge is 2.10. The fraction of sp³-hybridized carbons (Fsp3) is 0.500. The Morgan fingerprint density at radius 1 is 1.50 bits per heavy atom. The molecule has 0 aliphatic carbocycles. The number of nitrogens with zero attached hydrogens (tertiary/aromatic N) is 2. The van der Waals surface area contributed by atoms with Crippen LogP contribution in [0.2, 0.25) is 0 Å². The topological polar surface area (TPSA) is 43.8 Å². The van der Waals surface area contributed by atoms with Gasteiger partial charge >= 0.3 is 0 Å². The standard InChI is InChI=1S/C14H21N3S/c1-11(15)9-12-10-17(7-4-8-18-2)14-13(12)5-3-6-16-14/h3,5-6,10-11H,4,7-9,15H2,1-2H3. The number of aromatic nitrogens is 2. The van der Waals surface area contributed by atoms with Crippen molar-refractivity contribution in [1.82, 2.24) is 9.55 Å². The summed E-state index contributed by atoms with van der Waals surface area (Å²) >= 11 is 1.89. The highest BCUT2D eigenvalue weighted by molar-refractivity contribution is 7.98. The average Bonchev–Trinajstić information content (AvgIpc) is 2.68. The van der Waals surface area contributed by atoms with Gasteiger partial charge in [0, 0.05) is 30.4 Å². The number of pyridine rings is 1. The van der Waals surface area contributed by atoms with Crippen LogP contribution in [0.15, 0.2) is 24.5 Å². The molecule has 0 fully saturated rings. The quantitative estimate of drug-likeness (QED) is 0.815. The van der Waals surface area contributed by atoms with Crippen LogP contribution in [0.5, 0.6) is 0 Å². The van der Waals surface area contributed by atoms with Crippen LogP contribution in [-0.2, 0) is 13.0 Å². The Hall–Kier alpha value is -1.00. The van der Waals surface area contributed by atoms with Crippen molar-refractivity contribution in [3.8, 4) is 0 Å². The molecule has 0 spiro atoms. The highest BCUT2D eigenvalue weighted by atomic mass is 32.2. The summed E-state index contributed by atoms with van der Waals surface area (Å²) in [6, 6.07) is 4.33. The van der Waals surface area contributed by atoms with Crippen molar-refractivity contribution in [2.75, 3.05) is 12.0 Å². The van der Waals surface area contributed by atoms with Crippen molar-refractivity contribution >= 4 is 22.8 Å². The average molecular weight is 263 g/mol. The van der Waals surface area contributed by atoms with Crippen LogP contribution in [0, 0.1) is 0 Å². The van der Waals surface area contributed by atoms with Crippen LogP contribution in [0.25, 0.3) is 11.0 Å². The molecule has 0 aliphatic rings. The molecule has 0 saturated carbocycles. The number of hydrogen-bond donors (Lipinski definition) is 1. The fourth-order valence-corrected chi connectivity index (χ4v) is 2.67. The van der Waals surface area contributed by atoms with Crippen LogP contribution >= 0.6 is 11.8 Å². The van der Waals surface area contributed by atoms with Crippen LogP contribution in [0.1, 0.15) is 18.9 Å². The Morgan fingerprint density at radius 2 is 2.33 bits per heavy atom. The van der Waals surface area contributed by atoms with Crippen molar-refractivity contribution in [2.24, 2.45) is 5.73 Å². The largest absolute Gasteiger partial charge is 0.332 e. The van der Waals surface area contributed by atoms with E-state index in [4.69, 9.17) is 5.73 Å². The van der Waals surface area contributed by atoms with Crippen LogP contribution in [-0.4, -0.2) is 27.6 Å². The van der Waals surface area contributed by atoms with Crippen molar-refractivity contribution in [2.45, 2.75) is 32.4 Å². The second kappa shape index (κ2) is 6.25. The van der Waals surface area contributed by atoms with E-state index in [0.29, 0.717) is 0 Å². The first-order chi connectivity index (χ1) is 8.72. The van der Waals surface area contributed by atoms with Gasteiger partial charge in [-0.2, -0.15) is 11.8 Å². The summed E-state index contributed by atoms with van der Waals surface area (Å²) in [5, 5.41) is 1.25. The monoisotopic (exact) mass is 263 g/mol. The molecule has 0 aromatic carbocycles. The third-order valence-electron chi connectivity index (χ3n) is 3.01. The van der Waals surface area contributed by atoms with Gasteiger partial charge in [-0.25, -0.2) is 4.98 Å². The molecule has 18 heavy (non-hydrogen) atoms. The van der Waals surface area contributed by atoms with Gasteiger partial charge in [-0.05, 0) is 49.5 Å². The Labute approximate surface area is 113 Å². The maximum Gasteiger partial charge on any atom is 0.140 e.